The van der Waals surface area contributed by atoms with Gasteiger partial charge in [0.05, 0.1) is 7.11 Å². The largest absolute Gasteiger partial charge is 0.465 e. The topological polar surface area (TPSA) is 55.8 Å². The van der Waals surface area contributed by atoms with Gasteiger partial charge in [-0.2, -0.15) is 4.39 Å². The minimum absolute atomic E-state index is 0.965. The number of esters is 1. The third-order valence-electron chi connectivity index (χ3n) is 1.02. The summed E-state index contributed by atoms with van der Waals surface area (Å²) in [6, 6.07) is 0. The maximum atomic E-state index is 12.7. The Bertz CT molecular complexity index is 121. The van der Waals surface area contributed by atoms with Gasteiger partial charge in [0.15, 0.2) is 0 Å². The van der Waals surface area contributed by atoms with Gasteiger partial charge in [-0.15, -0.1) is 0 Å². The number of rotatable bonds is 3. The Morgan fingerprint density at radius 2 is 2.20 bits per heavy atom. The van der Waals surface area contributed by atoms with Crippen molar-refractivity contribution in [2.45, 2.75) is 5.85 Å². The van der Waals surface area contributed by atoms with Gasteiger partial charge < -0.3 is 14.6 Å². The molecular formula is C5H9FO4. The van der Waals surface area contributed by atoms with Crippen LogP contribution in [0.5, 0.6) is 0 Å². The fraction of sp³-hybridized carbons (Fsp3) is 0.800. The molecule has 1 atom stereocenters. The van der Waals surface area contributed by atoms with Crippen LogP contribution in [0.1, 0.15) is 0 Å². The van der Waals surface area contributed by atoms with Crippen LogP contribution in [0.4, 0.5) is 4.39 Å². The van der Waals surface area contributed by atoms with Crippen LogP contribution >= 0.6 is 0 Å². The number of ether oxygens (including phenoxy) is 2. The Morgan fingerprint density at radius 1 is 1.70 bits per heavy atom. The number of aliphatic hydroxyl groups excluding tert-OH is 1. The minimum Gasteiger partial charge on any atom is -0.465 e. The van der Waals surface area contributed by atoms with E-state index < -0.39 is 18.4 Å². The highest BCUT2D eigenvalue weighted by atomic mass is 19.2. The molecule has 5 heteroatoms. The normalized spacial score (nSPS) is 16.0. The summed E-state index contributed by atoms with van der Waals surface area (Å²) < 4.78 is 20.7. The lowest BCUT2D eigenvalue weighted by atomic mass is 10.3. The van der Waals surface area contributed by atoms with E-state index >= 15 is 0 Å². The van der Waals surface area contributed by atoms with Crippen LogP contribution in [0.25, 0.3) is 0 Å². The molecule has 4 nitrogen and oxygen atoms in total. The molecule has 0 aromatic rings. The zero-order valence-corrected chi connectivity index (χ0v) is 5.76. The highest BCUT2D eigenvalue weighted by Gasteiger charge is 2.39. The predicted octanol–water partition coefficient (Wildman–Crippen LogP) is -0.536. The van der Waals surface area contributed by atoms with Crippen LogP contribution in [0.3, 0.4) is 0 Å². The van der Waals surface area contributed by atoms with E-state index in [1.54, 1.807) is 0 Å². The van der Waals surface area contributed by atoms with E-state index in [2.05, 4.69) is 9.47 Å². The zero-order valence-electron chi connectivity index (χ0n) is 5.76. The first-order chi connectivity index (χ1) is 4.60. The SMILES string of the molecule is COC(=O)C(F)(CO)OC. The average Bonchev–Trinajstić information content (AvgIpc) is 2.01. The van der Waals surface area contributed by atoms with Gasteiger partial charge in [-0.25, -0.2) is 4.79 Å². The molecule has 1 unspecified atom stereocenters. The highest BCUT2D eigenvalue weighted by Crippen LogP contribution is 2.12. The number of aliphatic hydroxyl groups is 1. The zero-order chi connectivity index (χ0) is 8.20. The minimum atomic E-state index is -2.71. The summed E-state index contributed by atoms with van der Waals surface area (Å²) in [7, 11) is 1.97. The van der Waals surface area contributed by atoms with Gasteiger partial charge in [-0.05, 0) is 0 Å². The number of halogens is 1. The van der Waals surface area contributed by atoms with Crippen molar-refractivity contribution in [3.8, 4) is 0 Å². The van der Waals surface area contributed by atoms with Crippen molar-refractivity contribution < 1.29 is 23.8 Å². The van der Waals surface area contributed by atoms with Gasteiger partial charge in [0.1, 0.15) is 6.61 Å². The first-order valence-corrected chi connectivity index (χ1v) is 2.54. The average molecular weight is 152 g/mol. The third kappa shape index (κ3) is 1.65. The molecule has 0 aromatic heterocycles. The van der Waals surface area contributed by atoms with Crippen LogP contribution in [-0.4, -0.2) is 37.8 Å². The van der Waals surface area contributed by atoms with Gasteiger partial charge in [-0.1, -0.05) is 0 Å². The standard InChI is InChI=1S/C5H9FO4/c1-9-4(8)5(6,3-7)10-2/h7H,3H2,1-2H3. The second-order valence-corrected chi connectivity index (χ2v) is 1.58. The van der Waals surface area contributed by atoms with E-state index in [0.29, 0.717) is 0 Å². The number of carbonyl (C=O) groups is 1. The van der Waals surface area contributed by atoms with Crippen LogP contribution < -0.4 is 0 Å². The highest BCUT2D eigenvalue weighted by molar-refractivity contribution is 5.77. The Hall–Kier alpha value is -0.680. The molecule has 0 aliphatic rings. The Balaban J connectivity index is 4.17. The number of hydrogen-bond donors (Lipinski definition) is 1. The van der Waals surface area contributed by atoms with Gasteiger partial charge in [0.25, 0.3) is 0 Å². The van der Waals surface area contributed by atoms with Crippen molar-refractivity contribution >= 4 is 5.97 Å². The lowest BCUT2D eigenvalue weighted by molar-refractivity contribution is -0.200. The van der Waals surface area contributed by atoms with Gasteiger partial charge >= 0.3 is 11.8 Å². The van der Waals surface area contributed by atoms with Crippen molar-refractivity contribution in [1.82, 2.24) is 0 Å². The molecular weight excluding hydrogens is 143 g/mol. The summed E-state index contributed by atoms with van der Waals surface area (Å²) in [5, 5.41) is 8.29. The summed E-state index contributed by atoms with van der Waals surface area (Å²) in [4.78, 5) is 10.4. The molecule has 60 valence electrons. The number of carbonyl (C=O) groups excluding carboxylic acids is 1. The molecule has 0 heterocycles. The maximum Gasteiger partial charge on any atom is 0.374 e. The van der Waals surface area contributed by atoms with Crippen molar-refractivity contribution in [3.63, 3.8) is 0 Å². The smallest absolute Gasteiger partial charge is 0.374 e. The molecule has 0 bridgehead atoms. The summed E-state index contributed by atoms with van der Waals surface area (Å²) in [5.41, 5.74) is 0. The van der Waals surface area contributed by atoms with E-state index in [-0.39, 0.29) is 0 Å². The first-order valence-electron chi connectivity index (χ1n) is 2.54. The van der Waals surface area contributed by atoms with E-state index in [1.165, 1.54) is 0 Å². The molecule has 0 saturated carbocycles. The summed E-state index contributed by atoms with van der Waals surface area (Å²) in [6.45, 7) is -1.05. The van der Waals surface area contributed by atoms with E-state index in [0.717, 1.165) is 14.2 Å². The van der Waals surface area contributed by atoms with Crippen molar-refractivity contribution in [2.24, 2.45) is 0 Å². The fourth-order valence-corrected chi connectivity index (χ4v) is 0.365. The molecule has 0 rings (SSSR count). The maximum absolute atomic E-state index is 12.7. The second kappa shape index (κ2) is 3.48. The molecule has 0 radical (unpaired) electrons. The predicted molar refractivity (Wildman–Crippen MR) is 29.9 cm³/mol. The van der Waals surface area contributed by atoms with E-state index in [4.69, 9.17) is 5.11 Å². The van der Waals surface area contributed by atoms with Crippen LogP contribution in [0.15, 0.2) is 0 Å². The lowest BCUT2D eigenvalue weighted by Crippen LogP contribution is -2.40. The van der Waals surface area contributed by atoms with Crippen molar-refractivity contribution in [1.29, 1.82) is 0 Å². The quantitative estimate of drug-likeness (QED) is 0.552. The summed E-state index contributed by atoms with van der Waals surface area (Å²) in [5.74, 6) is -3.95. The Labute approximate surface area is 57.5 Å². The van der Waals surface area contributed by atoms with Crippen molar-refractivity contribution in [2.75, 3.05) is 20.8 Å². The monoisotopic (exact) mass is 152 g/mol. The molecule has 0 spiro atoms. The summed E-state index contributed by atoms with van der Waals surface area (Å²) in [6.07, 6.45) is 0. The third-order valence-corrected chi connectivity index (χ3v) is 1.02. The number of methoxy groups -OCH3 is 2. The van der Waals surface area contributed by atoms with Crippen LogP contribution in [-0.2, 0) is 14.3 Å². The molecule has 0 aromatic carbocycles. The first kappa shape index (κ1) is 9.32. The fourth-order valence-electron chi connectivity index (χ4n) is 0.365. The number of alkyl halides is 1. The molecule has 0 amide bonds. The van der Waals surface area contributed by atoms with Crippen molar-refractivity contribution in [3.05, 3.63) is 0 Å². The van der Waals surface area contributed by atoms with Gasteiger partial charge in [0, 0.05) is 7.11 Å². The number of hydrogen-bond acceptors (Lipinski definition) is 4. The van der Waals surface area contributed by atoms with Gasteiger partial charge in [-0.3, -0.25) is 0 Å². The van der Waals surface area contributed by atoms with Crippen LogP contribution in [0, 0.1) is 0 Å². The molecule has 0 fully saturated rings. The second-order valence-electron chi connectivity index (χ2n) is 1.58. The molecule has 0 saturated heterocycles. The van der Waals surface area contributed by atoms with E-state index in [9.17, 15) is 9.18 Å². The molecule has 10 heavy (non-hydrogen) atoms. The van der Waals surface area contributed by atoms with Crippen LogP contribution in [0.2, 0.25) is 0 Å². The molecule has 0 aliphatic carbocycles. The van der Waals surface area contributed by atoms with Gasteiger partial charge in [0.2, 0.25) is 0 Å². The lowest BCUT2D eigenvalue weighted by Gasteiger charge is -2.16. The molecule has 1 N–H and O–H groups in total. The Kier molecular flexibility index (Phi) is 3.24. The summed E-state index contributed by atoms with van der Waals surface area (Å²) >= 11 is 0. The molecule has 0 aliphatic heterocycles. The van der Waals surface area contributed by atoms with E-state index in [1.807, 2.05) is 0 Å². The Morgan fingerprint density at radius 3 is 2.30 bits per heavy atom.